The fourth-order valence-electron chi connectivity index (χ4n) is 3.03. The molecule has 2 rings (SSSR count). The molecule has 0 aliphatic rings. The van der Waals surface area contributed by atoms with Gasteiger partial charge < -0.3 is 19.7 Å². The molecule has 0 radical (unpaired) electrons. The second-order valence-corrected chi connectivity index (χ2v) is 6.47. The molecule has 0 spiro atoms. The Balaban J connectivity index is 0.00000338. The highest BCUT2D eigenvalue weighted by Gasteiger charge is 2.12. The van der Waals surface area contributed by atoms with Gasteiger partial charge in [-0.3, -0.25) is 4.99 Å². The van der Waals surface area contributed by atoms with E-state index in [1.54, 1.807) is 0 Å². The van der Waals surface area contributed by atoms with E-state index in [1.165, 1.54) is 0 Å². The largest absolute Gasteiger partial charge is 0.459 e. The molecule has 1 aromatic heterocycles. The normalized spacial score (nSPS) is 12.7. The van der Waals surface area contributed by atoms with Gasteiger partial charge >= 0.3 is 0 Å². The van der Waals surface area contributed by atoms with Crippen molar-refractivity contribution in [3.05, 3.63) is 36.1 Å². The number of guanidine groups is 1. The Morgan fingerprint density at radius 3 is 2.69 bits per heavy atom. The summed E-state index contributed by atoms with van der Waals surface area (Å²) in [6, 6.07) is 10.1. The van der Waals surface area contributed by atoms with E-state index in [9.17, 15) is 5.11 Å². The molecule has 0 amide bonds. The van der Waals surface area contributed by atoms with Crippen molar-refractivity contribution < 1.29 is 9.52 Å². The highest BCUT2D eigenvalue weighted by molar-refractivity contribution is 14.0. The predicted molar refractivity (Wildman–Crippen MR) is 119 cm³/mol. The summed E-state index contributed by atoms with van der Waals surface area (Å²) in [5.74, 6) is 2.24. The zero-order chi connectivity index (χ0) is 18.1. The van der Waals surface area contributed by atoms with Crippen molar-refractivity contribution in [1.82, 2.24) is 10.2 Å². The molecule has 0 aliphatic carbocycles. The van der Waals surface area contributed by atoms with Crippen LogP contribution in [0.4, 0.5) is 0 Å². The first-order valence-electron chi connectivity index (χ1n) is 9.25. The molecule has 0 saturated heterocycles. The number of benzene rings is 1. The van der Waals surface area contributed by atoms with E-state index >= 15 is 0 Å². The van der Waals surface area contributed by atoms with E-state index in [-0.39, 0.29) is 30.6 Å². The van der Waals surface area contributed by atoms with E-state index in [1.807, 2.05) is 25.2 Å². The standard InChI is InChI=1S/C20H31N3O2.HI/c1-4-8-16(11-12-24)14-22-20(21-5-2)23(3)15-18-13-17-9-6-7-10-19(17)25-18;/h6-7,9-10,13,16,24H,4-5,8,11-12,14-15H2,1-3H3,(H,21,22);1H. The summed E-state index contributed by atoms with van der Waals surface area (Å²) in [6.07, 6.45) is 3.02. The number of halogens is 1. The van der Waals surface area contributed by atoms with Crippen molar-refractivity contribution >= 4 is 40.9 Å². The van der Waals surface area contributed by atoms with E-state index in [0.29, 0.717) is 12.5 Å². The number of nitrogens with one attached hydrogen (secondary N) is 1. The number of furan rings is 1. The maximum atomic E-state index is 9.22. The molecule has 1 aromatic carbocycles. The third-order valence-corrected chi connectivity index (χ3v) is 4.30. The van der Waals surface area contributed by atoms with Crippen LogP contribution in [0.2, 0.25) is 0 Å². The van der Waals surface area contributed by atoms with Crippen LogP contribution in [-0.2, 0) is 6.54 Å². The zero-order valence-electron chi connectivity index (χ0n) is 16.1. The second-order valence-electron chi connectivity index (χ2n) is 6.47. The van der Waals surface area contributed by atoms with Gasteiger partial charge in [0.1, 0.15) is 11.3 Å². The number of para-hydroxylation sites is 1. The summed E-state index contributed by atoms with van der Waals surface area (Å²) in [6.45, 7) is 6.70. The molecule has 0 saturated carbocycles. The Morgan fingerprint density at radius 2 is 2.04 bits per heavy atom. The highest BCUT2D eigenvalue weighted by atomic mass is 127. The van der Waals surface area contributed by atoms with Crippen molar-refractivity contribution in [3.8, 4) is 0 Å². The third kappa shape index (κ3) is 6.79. The lowest BCUT2D eigenvalue weighted by Gasteiger charge is -2.22. The Bertz CT molecular complexity index is 633. The van der Waals surface area contributed by atoms with E-state index < -0.39 is 0 Å². The summed E-state index contributed by atoms with van der Waals surface area (Å²) >= 11 is 0. The Kier molecular flexibility index (Phi) is 10.7. The van der Waals surface area contributed by atoms with Gasteiger partial charge in [-0.15, -0.1) is 24.0 Å². The number of aliphatic hydroxyl groups is 1. The first kappa shape index (κ1) is 22.8. The van der Waals surface area contributed by atoms with Crippen LogP contribution >= 0.6 is 24.0 Å². The molecule has 0 bridgehead atoms. The molecule has 1 unspecified atom stereocenters. The smallest absolute Gasteiger partial charge is 0.194 e. The minimum Gasteiger partial charge on any atom is -0.459 e. The zero-order valence-corrected chi connectivity index (χ0v) is 18.4. The molecule has 5 nitrogen and oxygen atoms in total. The quantitative estimate of drug-likeness (QED) is 0.325. The average Bonchev–Trinajstić information content (AvgIpc) is 3.00. The first-order valence-corrected chi connectivity index (χ1v) is 9.25. The number of rotatable bonds is 9. The van der Waals surface area contributed by atoms with Crippen molar-refractivity contribution in [3.63, 3.8) is 0 Å². The van der Waals surface area contributed by atoms with Crippen LogP contribution in [0.15, 0.2) is 39.7 Å². The maximum absolute atomic E-state index is 9.22. The lowest BCUT2D eigenvalue weighted by Crippen LogP contribution is -2.38. The van der Waals surface area contributed by atoms with Gasteiger partial charge in [-0.25, -0.2) is 0 Å². The van der Waals surface area contributed by atoms with Gasteiger partial charge in [0.15, 0.2) is 5.96 Å². The molecular formula is C20H32IN3O2. The Morgan fingerprint density at radius 1 is 1.27 bits per heavy atom. The summed E-state index contributed by atoms with van der Waals surface area (Å²) in [4.78, 5) is 6.87. The van der Waals surface area contributed by atoms with E-state index in [0.717, 1.165) is 55.0 Å². The number of fused-ring (bicyclic) bond motifs is 1. The highest BCUT2D eigenvalue weighted by Crippen LogP contribution is 2.19. The number of hydrogen-bond donors (Lipinski definition) is 2. The van der Waals surface area contributed by atoms with Crippen molar-refractivity contribution in [1.29, 1.82) is 0 Å². The number of hydrogen-bond acceptors (Lipinski definition) is 3. The van der Waals surface area contributed by atoms with Crippen LogP contribution in [0.3, 0.4) is 0 Å². The monoisotopic (exact) mass is 473 g/mol. The van der Waals surface area contributed by atoms with E-state index in [4.69, 9.17) is 9.41 Å². The van der Waals surface area contributed by atoms with E-state index in [2.05, 4.69) is 36.2 Å². The minimum atomic E-state index is 0. The van der Waals surface area contributed by atoms with Gasteiger partial charge in [0.25, 0.3) is 0 Å². The summed E-state index contributed by atoms with van der Waals surface area (Å²) in [5.41, 5.74) is 0.916. The number of aliphatic hydroxyl groups excluding tert-OH is 1. The molecule has 146 valence electrons. The van der Waals surface area contributed by atoms with Crippen molar-refractivity contribution in [2.45, 2.75) is 39.7 Å². The summed E-state index contributed by atoms with van der Waals surface area (Å²) in [5, 5.41) is 13.7. The fraction of sp³-hybridized carbons (Fsp3) is 0.550. The van der Waals surface area contributed by atoms with Crippen LogP contribution in [0, 0.1) is 5.92 Å². The van der Waals surface area contributed by atoms with Gasteiger partial charge in [-0.1, -0.05) is 31.5 Å². The van der Waals surface area contributed by atoms with Crippen LogP contribution in [0.25, 0.3) is 11.0 Å². The summed E-state index contributed by atoms with van der Waals surface area (Å²) < 4.78 is 5.91. The van der Waals surface area contributed by atoms with Gasteiger partial charge in [0.2, 0.25) is 0 Å². The minimum absolute atomic E-state index is 0. The average molecular weight is 473 g/mol. The molecule has 6 heteroatoms. The maximum Gasteiger partial charge on any atom is 0.194 e. The molecule has 1 atom stereocenters. The topological polar surface area (TPSA) is 61.0 Å². The van der Waals surface area contributed by atoms with Crippen LogP contribution in [0.1, 0.15) is 38.9 Å². The fourth-order valence-corrected chi connectivity index (χ4v) is 3.03. The molecule has 2 N–H and O–H groups in total. The predicted octanol–water partition coefficient (Wildman–Crippen LogP) is 4.25. The molecule has 1 heterocycles. The van der Waals surface area contributed by atoms with Crippen LogP contribution in [-0.4, -0.2) is 42.7 Å². The van der Waals surface area contributed by atoms with Crippen molar-refractivity contribution in [2.24, 2.45) is 10.9 Å². The second kappa shape index (κ2) is 12.2. The Hall–Kier alpha value is -1.28. The number of aliphatic imine (C=N–C) groups is 1. The van der Waals surface area contributed by atoms with Gasteiger partial charge in [0.05, 0.1) is 6.54 Å². The van der Waals surface area contributed by atoms with Crippen molar-refractivity contribution in [2.75, 3.05) is 26.7 Å². The van der Waals surface area contributed by atoms with Gasteiger partial charge in [-0.2, -0.15) is 0 Å². The first-order chi connectivity index (χ1) is 12.2. The molecule has 26 heavy (non-hydrogen) atoms. The number of nitrogens with zero attached hydrogens (tertiary/aromatic N) is 2. The Labute approximate surface area is 173 Å². The molecular weight excluding hydrogens is 441 g/mol. The van der Waals surface area contributed by atoms with Crippen LogP contribution < -0.4 is 5.32 Å². The van der Waals surface area contributed by atoms with Gasteiger partial charge in [0, 0.05) is 32.1 Å². The SMILES string of the molecule is CCCC(CCO)CN=C(NCC)N(C)Cc1cc2ccccc2o1.I. The molecule has 2 aromatic rings. The third-order valence-electron chi connectivity index (χ3n) is 4.30. The lowest BCUT2D eigenvalue weighted by atomic mass is 10.0. The van der Waals surface area contributed by atoms with Gasteiger partial charge in [-0.05, 0) is 37.8 Å². The summed E-state index contributed by atoms with van der Waals surface area (Å²) in [7, 11) is 2.02. The molecule has 0 fully saturated rings. The van der Waals surface area contributed by atoms with Crippen LogP contribution in [0.5, 0.6) is 0 Å². The lowest BCUT2D eigenvalue weighted by molar-refractivity contribution is 0.253. The molecule has 0 aliphatic heterocycles.